The molecule has 126 valence electrons. The molecule has 2 heterocycles. The second-order valence-electron chi connectivity index (χ2n) is 4.94. The molecule has 3 rings (SSSR count). The number of carbonyl (C=O) groups excluding carboxylic acids is 1. The van der Waals surface area contributed by atoms with E-state index in [0.29, 0.717) is 21.7 Å². The average molecular weight is 356 g/mol. The number of benzene rings is 1. The van der Waals surface area contributed by atoms with Crippen molar-refractivity contribution in [2.75, 3.05) is 5.32 Å². The minimum atomic E-state index is -0.506. The van der Waals surface area contributed by atoms with Gasteiger partial charge in [0.2, 0.25) is 11.1 Å². The van der Waals surface area contributed by atoms with E-state index in [0.717, 1.165) is 5.56 Å². The molecule has 0 radical (unpaired) electrons. The third kappa shape index (κ3) is 4.18. The molecule has 0 unspecified atom stereocenters. The molecule has 2 N–H and O–H groups in total. The topological polar surface area (TPSA) is 127 Å². The van der Waals surface area contributed by atoms with Crippen molar-refractivity contribution in [3.05, 3.63) is 52.7 Å². The number of H-pyrrole nitrogens is 1. The molecule has 1 aromatic carbocycles. The van der Waals surface area contributed by atoms with Gasteiger partial charge in [-0.2, -0.15) is 0 Å². The van der Waals surface area contributed by atoms with Gasteiger partial charge in [0.15, 0.2) is 5.82 Å². The van der Waals surface area contributed by atoms with Gasteiger partial charge in [0, 0.05) is 24.2 Å². The molecular weight excluding hydrogens is 344 g/mol. The predicted molar refractivity (Wildman–Crippen MR) is 91.1 cm³/mol. The first-order valence-corrected chi connectivity index (χ1v) is 7.91. The molecule has 0 spiro atoms. The summed E-state index contributed by atoms with van der Waals surface area (Å²) in [4.78, 5) is 29.6. The number of pyridine rings is 1. The average Bonchev–Trinajstić information content (AvgIpc) is 3.03. The zero-order valence-corrected chi connectivity index (χ0v) is 13.8. The summed E-state index contributed by atoms with van der Waals surface area (Å²) in [5, 5.41) is 21.2. The van der Waals surface area contributed by atoms with E-state index < -0.39 is 4.92 Å². The Balaban J connectivity index is 1.76. The summed E-state index contributed by atoms with van der Waals surface area (Å²) in [7, 11) is 0. The number of carbonyl (C=O) groups is 1. The number of nitrogens with one attached hydrogen (secondary N) is 2. The fraction of sp³-hybridized carbons (Fsp3) is 0.0667. The van der Waals surface area contributed by atoms with Gasteiger partial charge in [-0.05, 0) is 30.0 Å². The Kier molecular flexibility index (Phi) is 4.70. The van der Waals surface area contributed by atoms with Gasteiger partial charge in [-0.15, -0.1) is 5.10 Å². The Hall–Kier alpha value is -3.27. The molecule has 3 aromatic rings. The summed E-state index contributed by atoms with van der Waals surface area (Å²) in [5.41, 5.74) is 1.35. The van der Waals surface area contributed by atoms with Crippen LogP contribution < -0.4 is 5.32 Å². The Morgan fingerprint density at radius 1 is 1.32 bits per heavy atom. The van der Waals surface area contributed by atoms with Gasteiger partial charge in [0.1, 0.15) is 11.2 Å². The highest BCUT2D eigenvalue weighted by atomic mass is 32.2. The number of aromatic amines is 1. The van der Waals surface area contributed by atoms with E-state index in [1.807, 2.05) is 6.07 Å². The zero-order chi connectivity index (χ0) is 17.8. The second-order valence-corrected chi connectivity index (χ2v) is 5.93. The van der Waals surface area contributed by atoms with Crippen LogP contribution in [0.2, 0.25) is 0 Å². The minimum absolute atomic E-state index is 0.0742. The summed E-state index contributed by atoms with van der Waals surface area (Å²) >= 11 is 1.18. The highest BCUT2D eigenvalue weighted by molar-refractivity contribution is 7.99. The van der Waals surface area contributed by atoms with Gasteiger partial charge in [0.25, 0.3) is 5.69 Å². The Morgan fingerprint density at radius 2 is 2.16 bits per heavy atom. The third-order valence-electron chi connectivity index (χ3n) is 3.05. The number of anilines is 1. The molecule has 0 aliphatic heterocycles. The van der Waals surface area contributed by atoms with Crippen LogP contribution in [0.5, 0.6) is 0 Å². The summed E-state index contributed by atoms with van der Waals surface area (Å²) in [6, 6.07) is 10.1. The van der Waals surface area contributed by atoms with E-state index >= 15 is 0 Å². The van der Waals surface area contributed by atoms with Crippen LogP contribution in [-0.2, 0) is 4.79 Å². The lowest BCUT2D eigenvalue weighted by Crippen LogP contribution is -2.05. The minimum Gasteiger partial charge on any atom is -0.326 e. The summed E-state index contributed by atoms with van der Waals surface area (Å²) < 4.78 is 0. The fourth-order valence-electron chi connectivity index (χ4n) is 2.00. The number of hydrogen-bond donors (Lipinski definition) is 2. The first-order valence-electron chi connectivity index (χ1n) is 7.10. The fourth-order valence-corrected chi connectivity index (χ4v) is 2.66. The second kappa shape index (κ2) is 7.09. The van der Waals surface area contributed by atoms with E-state index in [1.54, 1.807) is 18.2 Å². The van der Waals surface area contributed by atoms with Crippen molar-refractivity contribution in [1.82, 2.24) is 20.2 Å². The van der Waals surface area contributed by atoms with Crippen LogP contribution in [0, 0.1) is 10.1 Å². The zero-order valence-electron chi connectivity index (χ0n) is 13.0. The number of nitro groups is 1. The van der Waals surface area contributed by atoms with E-state index in [4.69, 9.17) is 0 Å². The normalized spacial score (nSPS) is 10.4. The SMILES string of the molecule is CC(=O)Nc1cccc(-c2nc(Sc3ccc([N+](=O)[O-])cn3)n[nH]2)c1. The molecule has 9 nitrogen and oxygen atoms in total. The maximum Gasteiger partial charge on any atom is 0.287 e. The predicted octanol–water partition coefficient (Wildman–Crippen LogP) is 2.88. The molecule has 1 amide bonds. The van der Waals surface area contributed by atoms with Crippen molar-refractivity contribution in [1.29, 1.82) is 0 Å². The van der Waals surface area contributed by atoms with Gasteiger partial charge in [-0.25, -0.2) is 9.97 Å². The molecule has 0 aliphatic carbocycles. The Bertz CT molecular complexity index is 925. The van der Waals surface area contributed by atoms with Gasteiger partial charge in [-0.1, -0.05) is 12.1 Å². The molecule has 25 heavy (non-hydrogen) atoms. The van der Waals surface area contributed by atoms with Crippen molar-refractivity contribution >= 4 is 29.0 Å². The lowest BCUT2D eigenvalue weighted by molar-refractivity contribution is -0.385. The van der Waals surface area contributed by atoms with Crippen molar-refractivity contribution < 1.29 is 9.72 Å². The van der Waals surface area contributed by atoms with Crippen LogP contribution in [0.4, 0.5) is 11.4 Å². The first-order chi connectivity index (χ1) is 12.0. The van der Waals surface area contributed by atoms with Crippen LogP contribution in [-0.4, -0.2) is 31.0 Å². The van der Waals surface area contributed by atoms with E-state index in [9.17, 15) is 14.9 Å². The third-order valence-corrected chi connectivity index (χ3v) is 3.86. The van der Waals surface area contributed by atoms with Crippen LogP contribution in [0.25, 0.3) is 11.4 Å². The van der Waals surface area contributed by atoms with Gasteiger partial charge >= 0.3 is 0 Å². The van der Waals surface area contributed by atoms with E-state index in [2.05, 4.69) is 25.5 Å². The van der Waals surface area contributed by atoms with Crippen LogP contribution in [0.3, 0.4) is 0 Å². The summed E-state index contributed by atoms with van der Waals surface area (Å²) in [6.07, 6.45) is 1.19. The molecule has 0 aliphatic rings. The smallest absolute Gasteiger partial charge is 0.287 e. The van der Waals surface area contributed by atoms with Crippen molar-refractivity contribution in [2.24, 2.45) is 0 Å². The molecule has 0 bridgehead atoms. The van der Waals surface area contributed by atoms with Crippen molar-refractivity contribution in [3.8, 4) is 11.4 Å². The molecular formula is C15H12N6O3S. The molecule has 0 saturated carbocycles. The van der Waals surface area contributed by atoms with E-state index in [-0.39, 0.29) is 11.6 Å². The number of aromatic nitrogens is 4. The summed E-state index contributed by atoms with van der Waals surface area (Å²) in [6.45, 7) is 1.44. The van der Waals surface area contributed by atoms with Gasteiger partial charge in [0.05, 0.1) is 4.92 Å². The van der Waals surface area contributed by atoms with Crippen LogP contribution >= 0.6 is 11.8 Å². The maximum absolute atomic E-state index is 11.1. The highest BCUT2D eigenvalue weighted by Crippen LogP contribution is 2.26. The number of hydrogen-bond acceptors (Lipinski definition) is 7. The number of amides is 1. The Labute approximate surface area is 146 Å². The van der Waals surface area contributed by atoms with Gasteiger partial charge < -0.3 is 5.32 Å². The van der Waals surface area contributed by atoms with Crippen molar-refractivity contribution in [3.63, 3.8) is 0 Å². The standard InChI is InChI=1S/C15H12N6O3S/c1-9(22)17-11-4-2-3-10(7-11)14-18-15(20-19-14)25-13-6-5-12(8-16-13)21(23)24/h2-8H,1H3,(H,17,22)(H,18,19,20). The highest BCUT2D eigenvalue weighted by Gasteiger charge is 2.11. The number of rotatable bonds is 5. The van der Waals surface area contributed by atoms with Crippen LogP contribution in [0.1, 0.15) is 6.92 Å². The maximum atomic E-state index is 11.1. The van der Waals surface area contributed by atoms with E-state index in [1.165, 1.54) is 37.0 Å². The largest absolute Gasteiger partial charge is 0.326 e. The Morgan fingerprint density at radius 3 is 2.84 bits per heavy atom. The monoisotopic (exact) mass is 356 g/mol. The quantitative estimate of drug-likeness (QED) is 0.531. The van der Waals surface area contributed by atoms with Crippen LogP contribution in [0.15, 0.2) is 52.8 Å². The molecule has 2 aromatic heterocycles. The number of nitrogens with zero attached hydrogens (tertiary/aromatic N) is 4. The summed E-state index contributed by atoms with van der Waals surface area (Å²) in [5.74, 6) is 0.381. The molecule has 10 heteroatoms. The molecule has 0 fully saturated rings. The lowest BCUT2D eigenvalue weighted by atomic mass is 10.2. The molecule has 0 saturated heterocycles. The van der Waals surface area contributed by atoms with Crippen molar-refractivity contribution in [2.45, 2.75) is 17.1 Å². The van der Waals surface area contributed by atoms with Gasteiger partial charge in [-0.3, -0.25) is 20.0 Å². The molecule has 0 atom stereocenters. The lowest BCUT2D eigenvalue weighted by Gasteiger charge is -2.03. The first kappa shape index (κ1) is 16.6.